The number of hydrogen-bond acceptors (Lipinski definition) is 5. The van der Waals surface area contributed by atoms with Gasteiger partial charge in [-0.25, -0.2) is 0 Å². The molecule has 100 valence electrons. The first-order chi connectivity index (χ1) is 9.11. The molecule has 6 nitrogen and oxygen atoms in total. The quantitative estimate of drug-likeness (QED) is 0.885. The van der Waals surface area contributed by atoms with Gasteiger partial charge in [-0.3, -0.25) is 4.79 Å². The SMILES string of the molecule is COc1cccc(OCc2c(C(N)=O)noc2C)c1. The van der Waals surface area contributed by atoms with Crippen LogP contribution in [0.2, 0.25) is 0 Å². The number of aryl methyl sites for hydroxylation is 1. The molecule has 2 N–H and O–H groups in total. The molecule has 2 rings (SSSR count). The molecule has 1 aromatic heterocycles. The van der Waals surface area contributed by atoms with E-state index in [9.17, 15) is 4.79 Å². The Morgan fingerprint density at radius 3 is 2.84 bits per heavy atom. The fourth-order valence-corrected chi connectivity index (χ4v) is 1.60. The molecular formula is C13H14N2O4. The van der Waals surface area contributed by atoms with Crippen LogP contribution in [0.3, 0.4) is 0 Å². The monoisotopic (exact) mass is 262 g/mol. The third-order valence-corrected chi connectivity index (χ3v) is 2.64. The van der Waals surface area contributed by atoms with Crippen LogP contribution in [0.1, 0.15) is 21.8 Å². The predicted octanol–water partition coefficient (Wildman–Crippen LogP) is 1.67. The van der Waals surface area contributed by atoms with E-state index in [1.165, 1.54) is 0 Å². The second-order valence-electron chi connectivity index (χ2n) is 3.90. The highest BCUT2D eigenvalue weighted by Gasteiger charge is 2.17. The normalized spacial score (nSPS) is 10.2. The van der Waals surface area contributed by atoms with Crippen molar-refractivity contribution in [2.45, 2.75) is 13.5 Å². The van der Waals surface area contributed by atoms with Crippen molar-refractivity contribution in [3.8, 4) is 11.5 Å². The Labute approximate surface area is 110 Å². The molecule has 1 amide bonds. The predicted molar refractivity (Wildman–Crippen MR) is 67.1 cm³/mol. The molecule has 0 fully saturated rings. The van der Waals surface area contributed by atoms with E-state index in [-0.39, 0.29) is 12.3 Å². The Hall–Kier alpha value is -2.50. The van der Waals surface area contributed by atoms with Crippen LogP contribution in [-0.2, 0) is 6.61 Å². The summed E-state index contributed by atoms with van der Waals surface area (Å²) in [6, 6.07) is 7.15. The second kappa shape index (κ2) is 5.43. The van der Waals surface area contributed by atoms with Crippen LogP contribution in [0.25, 0.3) is 0 Å². The topological polar surface area (TPSA) is 87.6 Å². The van der Waals surface area contributed by atoms with Crippen LogP contribution in [-0.4, -0.2) is 18.2 Å². The molecule has 0 aliphatic carbocycles. The number of primary amides is 1. The lowest BCUT2D eigenvalue weighted by Gasteiger charge is -2.07. The Kier molecular flexibility index (Phi) is 3.70. The molecule has 0 aliphatic rings. The molecule has 0 aliphatic heterocycles. The summed E-state index contributed by atoms with van der Waals surface area (Å²) in [6.45, 7) is 1.85. The lowest BCUT2D eigenvalue weighted by atomic mass is 10.2. The van der Waals surface area contributed by atoms with Crippen LogP contribution < -0.4 is 15.2 Å². The number of rotatable bonds is 5. The maximum absolute atomic E-state index is 11.2. The van der Waals surface area contributed by atoms with Crippen LogP contribution in [0.4, 0.5) is 0 Å². The molecule has 0 saturated carbocycles. The van der Waals surface area contributed by atoms with E-state index in [0.717, 1.165) is 0 Å². The fourth-order valence-electron chi connectivity index (χ4n) is 1.60. The summed E-state index contributed by atoms with van der Waals surface area (Å²) >= 11 is 0. The van der Waals surface area contributed by atoms with Gasteiger partial charge in [0, 0.05) is 6.07 Å². The Morgan fingerprint density at radius 1 is 1.42 bits per heavy atom. The molecule has 19 heavy (non-hydrogen) atoms. The minimum atomic E-state index is -0.638. The molecule has 0 spiro atoms. The van der Waals surface area contributed by atoms with E-state index in [1.807, 2.05) is 12.1 Å². The summed E-state index contributed by atoms with van der Waals surface area (Å²) in [6.07, 6.45) is 0. The maximum atomic E-state index is 11.2. The fraction of sp³-hybridized carbons (Fsp3) is 0.231. The van der Waals surface area contributed by atoms with Gasteiger partial charge in [0.1, 0.15) is 23.9 Å². The van der Waals surface area contributed by atoms with Gasteiger partial charge in [0.2, 0.25) is 0 Å². The van der Waals surface area contributed by atoms with Crippen molar-refractivity contribution in [1.82, 2.24) is 5.16 Å². The smallest absolute Gasteiger partial charge is 0.271 e. The summed E-state index contributed by atoms with van der Waals surface area (Å²) in [5.74, 6) is 1.18. The van der Waals surface area contributed by atoms with E-state index >= 15 is 0 Å². The van der Waals surface area contributed by atoms with E-state index in [1.54, 1.807) is 26.2 Å². The third kappa shape index (κ3) is 2.85. The van der Waals surface area contributed by atoms with Gasteiger partial charge in [-0.1, -0.05) is 11.2 Å². The number of methoxy groups -OCH3 is 1. The first-order valence-corrected chi connectivity index (χ1v) is 5.63. The first kappa shape index (κ1) is 12.9. The Bertz CT molecular complexity index is 592. The summed E-state index contributed by atoms with van der Waals surface area (Å²) in [5.41, 5.74) is 5.85. The molecule has 0 unspecified atom stereocenters. The number of aromatic nitrogens is 1. The number of benzene rings is 1. The second-order valence-corrected chi connectivity index (χ2v) is 3.90. The van der Waals surface area contributed by atoms with Gasteiger partial charge in [-0.2, -0.15) is 0 Å². The Balaban J connectivity index is 2.14. The van der Waals surface area contributed by atoms with Gasteiger partial charge in [0.15, 0.2) is 5.69 Å². The molecule has 0 bridgehead atoms. The van der Waals surface area contributed by atoms with Crippen molar-refractivity contribution >= 4 is 5.91 Å². The lowest BCUT2D eigenvalue weighted by molar-refractivity contribution is 0.0989. The van der Waals surface area contributed by atoms with Crippen molar-refractivity contribution in [3.05, 3.63) is 41.3 Å². The molecule has 2 aromatic rings. The number of nitrogens with two attached hydrogens (primary N) is 1. The van der Waals surface area contributed by atoms with Gasteiger partial charge in [0.25, 0.3) is 5.91 Å². The summed E-state index contributed by atoms with van der Waals surface area (Å²) in [7, 11) is 1.58. The number of carbonyl (C=O) groups excluding carboxylic acids is 1. The highest BCUT2D eigenvalue weighted by atomic mass is 16.5. The average Bonchev–Trinajstić information content (AvgIpc) is 2.78. The standard InChI is InChI=1S/C13H14N2O4/c1-8-11(12(13(14)16)15-19-8)7-18-10-5-3-4-9(6-10)17-2/h3-6H,7H2,1-2H3,(H2,14,16). The minimum Gasteiger partial charge on any atom is -0.497 e. The number of amides is 1. The first-order valence-electron chi connectivity index (χ1n) is 5.63. The van der Waals surface area contributed by atoms with Gasteiger partial charge < -0.3 is 19.7 Å². The highest BCUT2D eigenvalue weighted by molar-refractivity contribution is 5.92. The van der Waals surface area contributed by atoms with Gasteiger partial charge in [-0.15, -0.1) is 0 Å². The van der Waals surface area contributed by atoms with Crippen LogP contribution >= 0.6 is 0 Å². The van der Waals surface area contributed by atoms with E-state index in [2.05, 4.69) is 5.16 Å². The minimum absolute atomic E-state index is 0.0976. The number of nitrogens with zero attached hydrogens (tertiary/aromatic N) is 1. The molecule has 1 heterocycles. The zero-order valence-corrected chi connectivity index (χ0v) is 10.7. The molecule has 0 atom stereocenters. The third-order valence-electron chi connectivity index (χ3n) is 2.64. The van der Waals surface area contributed by atoms with Crippen molar-refractivity contribution in [1.29, 1.82) is 0 Å². The zero-order chi connectivity index (χ0) is 13.8. The van der Waals surface area contributed by atoms with Crippen LogP contribution in [0, 0.1) is 6.92 Å². The van der Waals surface area contributed by atoms with E-state index < -0.39 is 5.91 Å². The zero-order valence-electron chi connectivity index (χ0n) is 10.7. The van der Waals surface area contributed by atoms with Crippen LogP contribution in [0.5, 0.6) is 11.5 Å². The summed E-state index contributed by atoms with van der Waals surface area (Å²) in [5, 5.41) is 3.61. The number of hydrogen-bond donors (Lipinski definition) is 1. The number of ether oxygens (including phenoxy) is 2. The maximum Gasteiger partial charge on any atom is 0.271 e. The van der Waals surface area contributed by atoms with Crippen molar-refractivity contribution in [2.75, 3.05) is 7.11 Å². The average molecular weight is 262 g/mol. The van der Waals surface area contributed by atoms with Gasteiger partial charge in [-0.05, 0) is 19.1 Å². The molecule has 6 heteroatoms. The molecule has 1 aromatic carbocycles. The largest absolute Gasteiger partial charge is 0.497 e. The van der Waals surface area contributed by atoms with Crippen molar-refractivity contribution < 1.29 is 18.8 Å². The van der Waals surface area contributed by atoms with E-state index in [0.29, 0.717) is 22.8 Å². The lowest BCUT2D eigenvalue weighted by Crippen LogP contribution is -2.14. The van der Waals surface area contributed by atoms with Crippen molar-refractivity contribution in [2.24, 2.45) is 5.73 Å². The van der Waals surface area contributed by atoms with Gasteiger partial charge in [0.05, 0.1) is 12.7 Å². The molecular weight excluding hydrogens is 248 g/mol. The molecule has 0 saturated heterocycles. The molecule has 0 radical (unpaired) electrons. The van der Waals surface area contributed by atoms with Crippen LogP contribution in [0.15, 0.2) is 28.8 Å². The van der Waals surface area contributed by atoms with E-state index in [4.69, 9.17) is 19.7 Å². The van der Waals surface area contributed by atoms with Crippen molar-refractivity contribution in [3.63, 3.8) is 0 Å². The van der Waals surface area contributed by atoms with Gasteiger partial charge >= 0.3 is 0 Å². The summed E-state index contributed by atoms with van der Waals surface area (Å²) in [4.78, 5) is 11.2. The highest BCUT2D eigenvalue weighted by Crippen LogP contribution is 2.21. The summed E-state index contributed by atoms with van der Waals surface area (Å²) < 4.78 is 15.6. The Morgan fingerprint density at radius 2 is 2.16 bits per heavy atom. The number of carbonyl (C=O) groups is 1.